The van der Waals surface area contributed by atoms with E-state index in [-0.39, 0.29) is 5.78 Å². The highest BCUT2D eigenvalue weighted by Gasteiger charge is 2.15. The van der Waals surface area contributed by atoms with Gasteiger partial charge in [-0.25, -0.2) is 0 Å². The van der Waals surface area contributed by atoms with Gasteiger partial charge in [0.1, 0.15) is 0 Å². The van der Waals surface area contributed by atoms with Gasteiger partial charge in [0.2, 0.25) is 0 Å². The van der Waals surface area contributed by atoms with Gasteiger partial charge in [0, 0.05) is 25.8 Å². The molecule has 2 rings (SSSR count). The molecule has 0 unspecified atom stereocenters. The van der Waals surface area contributed by atoms with Crippen LogP contribution in [0.5, 0.6) is 0 Å². The zero-order valence-electron chi connectivity index (χ0n) is 10.4. The van der Waals surface area contributed by atoms with Crippen molar-refractivity contribution in [3.8, 4) is 0 Å². The van der Waals surface area contributed by atoms with E-state index in [2.05, 4.69) is 15.3 Å². The molecule has 0 amide bonds. The lowest BCUT2D eigenvalue weighted by molar-refractivity contribution is 0.0935. The van der Waals surface area contributed by atoms with Crippen molar-refractivity contribution in [2.24, 2.45) is 0 Å². The van der Waals surface area contributed by atoms with E-state index in [0.29, 0.717) is 6.54 Å². The Morgan fingerprint density at radius 3 is 3.12 bits per heavy atom. The van der Waals surface area contributed by atoms with Gasteiger partial charge in [-0.05, 0) is 26.4 Å². The fourth-order valence-corrected chi connectivity index (χ4v) is 2.03. The van der Waals surface area contributed by atoms with Crippen LogP contribution >= 0.6 is 0 Å². The van der Waals surface area contributed by atoms with Crippen molar-refractivity contribution in [2.75, 3.05) is 32.7 Å². The third-order valence-corrected chi connectivity index (χ3v) is 3.08. The minimum Gasteiger partial charge on any atom is -0.315 e. The predicted molar refractivity (Wildman–Crippen MR) is 66.2 cm³/mol. The second-order valence-electron chi connectivity index (χ2n) is 4.39. The average molecular weight is 236 g/mol. The van der Waals surface area contributed by atoms with Gasteiger partial charge in [0.25, 0.3) is 0 Å². The molecule has 0 aliphatic carbocycles. The standard InChI is InChI=1S/C12H20N4O/c1-2-16-9-11(8-14-16)12(17)10-15-6-3-4-13-5-7-15/h8-9,13H,2-7,10H2,1H3. The van der Waals surface area contributed by atoms with Gasteiger partial charge in [-0.2, -0.15) is 5.10 Å². The third-order valence-electron chi connectivity index (χ3n) is 3.08. The molecule has 0 radical (unpaired) electrons. The van der Waals surface area contributed by atoms with Crippen LogP contribution in [-0.2, 0) is 6.54 Å². The average Bonchev–Trinajstić information content (AvgIpc) is 2.68. The van der Waals surface area contributed by atoms with Crippen molar-refractivity contribution in [1.29, 1.82) is 0 Å². The summed E-state index contributed by atoms with van der Waals surface area (Å²) < 4.78 is 1.79. The summed E-state index contributed by atoms with van der Waals surface area (Å²) in [7, 11) is 0. The van der Waals surface area contributed by atoms with Crippen molar-refractivity contribution in [3.05, 3.63) is 18.0 Å². The lowest BCUT2D eigenvalue weighted by atomic mass is 10.2. The lowest BCUT2D eigenvalue weighted by Crippen LogP contribution is -2.33. The van der Waals surface area contributed by atoms with Gasteiger partial charge < -0.3 is 5.32 Å². The van der Waals surface area contributed by atoms with E-state index in [1.165, 1.54) is 0 Å². The minimum atomic E-state index is 0.173. The van der Waals surface area contributed by atoms with Gasteiger partial charge in [-0.15, -0.1) is 0 Å². The van der Waals surface area contributed by atoms with Crippen LogP contribution in [-0.4, -0.2) is 53.2 Å². The van der Waals surface area contributed by atoms with E-state index in [0.717, 1.165) is 44.7 Å². The number of carbonyl (C=O) groups excluding carboxylic acids is 1. The molecule has 1 N–H and O–H groups in total. The largest absolute Gasteiger partial charge is 0.315 e. The molecule has 1 aromatic heterocycles. The monoisotopic (exact) mass is 236 g/mol. The molecule has 0 atom stereocenters. The zero-order chi connectivity index (χ0) is 12.1. The first-order valence-corrected chi connectivity index (χ1v) is 6.28. The molecular weight excluding hydrogens is 216 g/mol. The summed E-state index contributed by atoms with van der Waals surface area (Å²) in [5.41, 5.74) is 0.726. The number of hydrogen-bond acceptors (Lipinski definition) is 4. The zero-order valence-corrected chi connectivity index (χ0v) is 10.4. The number of aromatic nitrogens is 2. The Kier molecular flexibility index (Phi) is 4.28. The Hall–Kier alpha value is -1.20. The Labute approximate surface area is 102 Å². The summed E-state index contributed by atoms with van der Waals surface area (Å²) in [6.07, 6.45) is 4.61. The molecule has 1 saturated heterocycles. The number of aryl methyl sites for hydroxylation is 1. The quantitative estimate of drug-likeness (QED) is 0.768. The van der Waals surface area contributed by atoms with Crippen LogP contribution in [0.3, 0.4) is 0 Å². The number of hydrogen-bond donors (Lipinski definition) is 1. The molecule has 1 aliphatic heterocycles. The van der Waals surface area contributed by atoms with Gasteiger partial charge in [0.15, 0.2) is 5.78 Å². The molecule has 94 valence electrons. The summed E-state index contributed by atoms with van der Waals surface area (Å²) in [6, 6.07) is 0. The maximum absolute atomic E-state index is 12.0. The molecule has 1 fully saturated rings. The van der Waals surface area contributed by atoms with Crippen LogP contribution in [0.15, 0.2) is 12.4 Å². The third kappa shape index (κ3) is 3.38. The fourth-order valence-electron chi connectivity index (χ4n) is 2.03. The molecule has 0 spiro atoms. The smallest absolute Gasteiger partial charge is 0.179 e. The van der Waals surface area contributed by atoms with E-state index in [9.17, 15) is 4.79 Å². The van der Waals surface area contributed by atoms with Crippen LogP contribution in [0.4, 0.5) is 0 Å². The molecule has 0 bridgehead atoms. The van der Waals surface area contributed by atoms with Crippen molar-refractivity contribution in [3.63, 3.8) is 0 Å². The van der Waals surface area contributed by atoms with Crippen molar-refractivity contribution in [1.82, 2.24) is 20.0 Å². The van der Waals surface area contributed by atoms with Crippen LogP contribution in [0.1, 0.15) is 23.7 Å². The Morgan fingerprint density at radius 2 is 2.35 bits per heavy atom. The van der Waals surface area contributed by atoms with E-state index in [1.807, 2.05) is 13.1 Å². The SMILES string of the molecule is CCn1cc(C(=O)CN2CCCNCC2)cn1. The second kappa shape index (κ2) is 5.93. The van der Waals surface area contributed by atoms with Crippen molar-refractivity contribution < 1.29 is 4.79 Å². The Bertz CT molecular complexity index is 366. The number of Topliss-reactive ketones (excluding diaryl/α,β-unsaturated/α-hetero) is 1. The van der Waals surface area contributed by atoms with E-state index >= 15 is 0 Å². The first-order chi connectivity index (χ1) is 8.29. The molecular formula is C12H20N4O. The molecule has 17 heavy (non-hydrogen) atoms. The summed E-state index contributed by atoms with van der Waals surface area (Å²) in [5, 5.41) is 7.47. The highest BCUT2D eigenvalue weighted by Crippen LogP contribution is 2.03. The van der Waals surface area contributed by atoms with Crippen LogP contribution in [0.25, 0.3) is 0 Å². The molecule has 5 heteroatoms. The van der Waals surface area contributed by atoms with Gasteiger partial charge >= 0.3 is 0 Å². The summed E-state index contributed by atoms with van der Waals surface area (Å²) in [6.45, 7) is 7.31. The molecule has 0 saturated carbocycles. The van der Waals surface area contributed by atoms with Crippen molar-refractivity contribution >= 4 is 5.78 Å². The lowest BCUT2D eigenvalue weighted by Gasteiger charge is -2.17. The molecule has 2 heterocycles. The summed E-state index contributed by atoms with van der Waals surface area (Å²) in [5.74, 6) is 0.173. The normalized spacial score (nSPS) is 17.9. The van der Waals surface area contributed by atoms with E-state index in [1.54, 1.807) is 10.9 Å². The van der Waals surface area contributed by atoms with Gasteiger partial charge in [0.05, 0.1) is 18.3 Å². The predicted octanol–water partition coefficient (Wildman–Crippen LogP) is 0.381. The fraction of sp³-hybridized carbons (Fsp3) is 0.667. The molecule has 1 aliphatic rings. The maximum Gasteiger partial charge on any atom is 0.179 e. The van der Waals surface area contributed by atoms with E-state index in [4.69, 9.17) is 0 Å². The van der Waals surface area contributed by atoms with Crippen LogP contribution in [0, 0.1) is 0 Å². The number of rotatable bonds is 4. The van der Waals surface area contributed by atoms with Crippen LogP contribution < -0.4 is 5.32 Å². The van der Waals surface area contributed by atoms with Gasteiger partial charge in [-0.3, -0.25) is 14.4 Å². The topological polar surface area (TPSA) is 50.2 Å². The second-order valence-corrected chi connectivity index (χ2v) is 4.39. The van der Waals surface area contributed by atoms with Gasteiger partial charge in [-0.1, -0.05) is 0 Å². The Morgan fingerprint density at radius 1 is 1.47 bits per heavy atom. The first kappa shape index (κ1) is 12.3. The molecule has 0 aromatic carbocycles. The van der Waals surface area contributed by atoms with Crippen molar-refractivity contribution in [2.45, 2.75) is 19.9 Å². The maximum atomic E-state index is 12.0. The number of nitrogens with one attached hydrogen (secondary N) is 1. The highest BCUT2D eigenvalue weighted by atomic mass is 16.1. The minimum absolute atomic E-state index is 0.173. The van der Waals surface area contributed by atoms with E-state index < -0.39 is 0 Å². The molecule has 5 nitrogen and oxygen atoms in total. The molecule has 1 aromatic rings. The van der Waals surface area contributed by atoms with Crippen LogP contribution in [0.2, 0.25) is 0 Å². The number of ketones is 1. The number of carbonyl (C=O) groups is 1. The summed E-state index contributed by atoms with van der Waals surface area (Å²) in [4.78, 5) is 14.3. The highest BCUT2D eigenvalue weighted by molar-refractivity contribution is 5.97. The Balaban J connectivity index is 1.91. The summed E-state index contributed by atoms with van der Waals surface area (Å²) >= 11 is 0. The number of nitrogens with zero attached hydrogens (tertiary/aromatic N) is 3. The first-order valence-electron chi connectivity index (χ1n) is 6.28.